The highest BCUT2D eigenvalue weighted by atomic mass is 16.5. The molecule has 1 aromatic rings. The first kappa shape index (κ1) is 17.5. The first-order valence-electron chi connectivity index (χ1n) is 7.32. The van der Waals surface area contributed by atoms with E-state index < -0.39 is 5.54 Å². The molecular formula is C16H26N2O3. The summed E-state index contributed by atoms with van der Waals surface area (Å²) in [4.78, 5) is 11.7. The lowest BCUT2D eigenvalue weighted by atomic mass is 9.93. The lowest BCUT2D eigenvalue weighted by Gasteiger charge is -2.30. The number of nitrogens with one attached hydrogen (secondary N) is 1. The van der Waals surface area contributed by atoms with Crippen LogP contribution in [0.4, 0.5) is 0 Å². The highest BCUT2D eigenvalue weighted by Crippen LogP contribution is 2.19. The van der Waals surface area contributed by atoms with Crippen molar-refractivity contribution in [2.75, 3.05) is 6.54 Å². The predicted molar refractivity (Wildman–Crippen MR) is 83.0 cm³/mol. The summed E-state index contributed by atoms with van der Waals surface area (Å²) in [6, 6.07) is 7.24. The molecule has 118 valence electrons. The third kappa shape index (κ3) is 5.36. The second kappa shape index (κ2) is 8.00. The molecule has 0 aliphatic carbocycles. The van der Waals surface area contributed by atoms with Gasteiger partial charge in [0.15, 0.2) is 0 Å². The molecule has 0 saturated carbocycles. The van der Waals surface area contributed by atoms with Crippen LogP contribution in [0.15, 0.2) is 24.3 Å². The Bertz CT molecular complexity index is 447. The van der Waals surface area contributed by atoms with E-state index >= 15 is 0 Å². The number of primary amides is 1. The Labute approximate surface area is 126 Å². The first-order chi connectivity index (χ1) is 9.91. The van der Waals surface area contributed by atoms with Gasteiger partial charge >= 0.3 is 0 Å². The van der Waals surface area contributed by atoms with Crippen molar-refractivity contribution in [2.45, 2.75) is 51.9 Å². The van der Waals surface area contributed by atoms with Crippen molar-refractivity contribution in [3.05, 3.63) is 29.8 Å². The van der Waals surface area contributed by atoms with Crippen molar-refractivity contribution in [1.29, 1.82) is 0 Å². The standard InChI is InChI=1S/C16H26N2O3/c1-4-9-18-16(3,15(17)20)10-12(2)21-14-7-5-13(11-19)6-8-14/h5-8,12,18-19H,4,9-11H2,1-3H3,(H2,17,20). The third-order valence-corrected chi connectivity index (χ3v) is 3.45. The van der Waals surface area contributed by atoms with Crippen LogP contribution in [0.1, 0.15) is 39.2 Å². The van der Waals surface area contributed by atoms with Crippen molar-refractivity contribution < 1.29 is 14.6 Å². The van der Waals surface area contributed by atoms with Crippen LogP contribution in [0.2, 0.25) is 0 Å². The van der Waals surface area contributed by atoms with Gasteiger partial charge in [0.2, 0.25) is 5.91 Å². The van der Waals surface area contributed by atoms with Gasteiger partial charge in [-0.1, -0.05) is 19.1 Å². The molecule has 0 aliphatic rings. The number of rotatable bonds is 9. The van der Waals surface area contributed by atoms with E-state index in [0.717, 1.165) is 18.5 Å². The molecule has 5 nitrogen and oxygen atoms in total. The van der Waals surface area contributed by atoms with E-state index in [4.69, 9.17) is 15.6 Å². The van der Waals surface area contributed by atoms with Crippen LogP contribution in [0.25, 0.3) is 0 Å². The zero-order valence-corrected chi connectivity index (χ0v) is 13.1. The largest absolute Gasteiger partial charge is 0.491 e. The second-order valence-corrected chi connectivity index (χ2v) is 5.56. The van der Waals surface area contributed by atoms with Crippen LogP contribution >= 0.6 is 0 Å². The maximum absolute atomic E-state index is 11.7. The van der Waals surface area contributed by atoms with Crippen molar-refractivity contribution in [3.8, 4) is 5.75 Å². The number of hydrogen-bond acceptors (Lipinski definition) is 4. The summed E-state index contributed by atoms with van der Waals surface area (Å²) in [6.07, 6.45) is 1.26. The van der Waals surface area contributed by atoms with E-state index in [-0.39, 0.29) is 18.6 Å². The molecule has 1 aromatic carbocycles. The Hall–Kier alpha value is -1.59. The highest BCUT2D eigenvalue weighted by Gasteiger charge is 2.32. The minimum Gasteiger partial charge on any atom is -0.491 e. The number of nitrogens with two attached hydrogens (primary N) is 1. The molecule has 2 unspecified atom stereocenters. The summed E-state index contributed by atoms with van der Waals surface area (Å²) < 4.78 is 5.81. The quantitative estimate of drug-likeness (QED) is 0.645. The summed E-state index contributed by atoms with van der Waals surface area (Å²) in [7, 11) is 0. The smallest absolute Gasteiger partial charge is 0.237 e. The van der Waals surface area contributed by atoms with E-state index in [1.165, 1.54) is 0 Å². The SMILES string of the molecule is CCCNC(C)(CC(C)Oc1ccc(CO)cc1)C(N)=O. The summed E-state index contributed by atoms with van der Waals surface area (Å²) in [6.45, 7) is 6.50. The highest BCUT2D eigenvalue weighted by molar-refractivity contribution is 5.84. The number of benzene rings is 1. The van der Waals surface area contributed by atoms with Crippen LogP contribution in [0.5, 0.6) is 5.75 Å². The van der Waals surface area contributed by atoms with Gasteiger partial charge in [0.25, 0.3) is 0 Å². The number of hydrogen-bond donors (Lipinski definition) is 3. The van der Waals surface area contributed by atoms with E-state index in [1.54, 1.807) is 6.92 Å². The number of amides is 1. The first-order valence-corrected chi connectivity index (χ1v) is 7.32. The molecule has 4 N–H and O–H groups in total. The molecule has 0 bridgehead atoms. The Morgan fingerprint density at radius 2 is 2.05 bits per heavy atom. The monoisotopic (exact) mass is 294 g/mol. The molecule has 0 radical (unpaired) electrons. The van der Waals surface area contributed by atoms with E-state index in [0.29, 0.717) is 12.2 Å². The van der Waals surface area contributed by atoms with E-state index in [9.17, 15) is 4.79 Å². The number of carbonyl (C=O) groups is 1. The second-order valence-electron chi connectivity index (χ2n) is 5.56. The number of aliphatic hydroxyl groups excluding tert-OH is 1. The van der Waals surface area contributed by atoms with Gasteiger partial charge in [0.05, 0.1) is 18.2 Å². The molecule has 1 amide bonds. The number of ether oxygens (including phenoxy) is 1. The van der Waals surface area contributed by atoms with Crippen molar-refractivity contribution in [2.24, 2.45) is 5.73 Å². The number of aliphatic hydroxyl groups is 1. The summed E-state index contributed by atoms with van der Waals surface area (Å²) in [5, 5.41) is 12.2. The Kier molecular flexibility index (Phi) is 6.65. The number of carbonyl (C=O) groups excluding carboxylic acids is 1. The van der Waals surface area contributed by atoms with Crippen LogP contribution in [0.3, 0.4) is 0 Å². The fourth-order valence-electron chi connectivity index (χ4n) is 2.18. The predicted octanol–water partition coefficient (Wildman–Crippen LogP) is 1.58. The average Bonchev–Trinajstić information content (AvgIpc) is 2.45. The Balaban J connectivity index is 2.64. The molecule has 0 saturated heterocycles. The van der Waals surface area contributed by atoms with Gasteiger partial charge < -0.3 is 20.9 Å². The minimum atomic E-state index is -0.777. The Morgan fingerprint density at radius 1 is 1.43 bits per heavy atom. The summed E-state index contributed by atoms with van der Waals surface area (Å²) in [5.74, 6) is 0.337. The van der Waals surface area contributed by atoms with Crippen molar-refractivity contribution in [3.63, 3.8) is 0 Å². The van der Waals surface area contributed by atoms with Crippen LogP contribution < -0.4 is 15.8 Å². The van der Waals surface area contributed by atoms with Crippen LogP contribution in [0, 0.1) is 0 Å². The van der Waals surface area contributed by atoms with E-state index in [2.05, 4.69) is 5.32 Å². The van der Waals surface area contributed by atoms with Gasteiger partial charge in [-0.15, -0.1) is 0 Å². The molecule has 0 fully saturated rings. The average molecular weight is 294 g/mol. The summed E-state index contributed by atoms with van der Waals surface area (Å²) >= 11 is 0. The minimum absolute atomic E-state index is 0.0104. The third-order valence-electron chi connectivity index (χ3n) is 3.45. The van der Waals surface area contributed by atoms with Gasteiger partial charge in [0, 0.05) is 6.42 Å². The van der Waals surface area contributed by atoms with Crippen LogP contribution in [-0.2, 0) is 11.4 Å². The zero-order chi connectivity index (χ0) is 15.9. The van der Waals surface area contributed by atoms with Crippen molar-refractivity contribution >= 4 is 5.91 Å². The van der Waals surface area contributed by atoms with Gasteiger partial charge in [0.1, 0.15) is 5.75 Å². The molecule has 0 heterocycles. The van der Waals surface area contributed by atoms with Gasteiger partial charge in [-0.2, -0.15) is 0 Å². The topological polar surface area (TPSA) is 84.6 Å². The molecule has 0 spiro atoms. The molecule has 2 atom stereocenters. The van der Waals surface area contributed by atoms with Crippen molar-refractivity contribution in [1.82, 2.24) is 5.32 Å². The molecule has 5 heteroatoms. The maximum atomic E-state index is 11.7. The fraction of sp³-hybridized carbons (Fsp3) is 0.562. The lowest BCUT2D eigenvalue weighted by molar-refractivity contribution is -0.124. The van der Waals surface area contributed by atoms with Gasteiger partial charge in [-0.25, -0.2) is 0 Å². The van der Waals surface area contributed by atoms with Crippen LogP contribution in [-0.4, -0.2) is 29.2 Å². The fourth-order valence-corrected chi connectivity index (χ4v) is 2.18. The molecule has 21 heavy (non-hydrogen) atoms. The molecule has 0 aliphatic heterocycles. The normalized spacial score (nSPS) is 15.2. The van der Waals surface area contributed by atoms with Gasteiger partial charge in [-0.05, 0) is 44.5 Å². The molecular weight excluding hydrogens is 268 g/mol. The maximum Gasteiger partial charge on any atom is 0.237 e. The molecule has 1 rings (SSSR count). The summed E-state index contributed by atoms with van der Waals surface area (Å²) in [5.41, 5.74) is 5.56. The lowest BCUT2D eigenvalue weighted by Crippen LogP contribution is -2.55. The van der Waals surface area contributed by atoms with E-state index in [1.807, 2.05) is 38.1 Å². The van der Waals surface area contributed by atoms with Gasteiger partial charge in [-0.3, -0.25) is 4.79 Å². The molecule has 0 aromatic heterocycles. The Morgan fingerprint density at radius 3 is 2.52 bits per heavy atom. The zero-order valence-electron chi connectivity index (χ0n) is 13.1.